The number of anilines is 1. The number of rotatable bonds is 5. The summed E-state index contributed by atoms with van der Waals surface area (Å²) in [6.45, 7) is 4.37. The lowest BCUT2D eigenvalue weighted by Gasteiger charge is -2.27. The van der Waals surface area contributed by atoms with E-state index in [4.69, 9.17) is 9.47 Å². The maximum atomic E-state index is 13.2. The minimum Gasteiger partial charge on any atom is -0.486 e. The van der Waals surface area contributed by atoms with Crippen LogP contribution in [0.3, 0.4) is 0 Å². The first-order valence-electron chi connectivity index (χ1n) is 9.79. The molecule has 2 amide bonds. The molecule has 0 N–H and O–H groups in total. The second-order valence-electron chi connectivity index (χ2n) is 7.15. The van der Waals surface area contributed by atoms with E-state index < -0.39 is 0 Å². The number of halogens is 1. The van der Waals surface area contributed by atoms with E-state index in [1.807, 2.05) is 49.4 Å². The van der Waals surface area contributed by atoms with Gasteiger partial charge in [0.25, 0.3) is 0 Å². The van der Waals surface area contributed by atoms with Gasteiger partial charge in [-0.15, -0.1) is 0 Å². The average molecular weight is 459 g/mol. The molecule has 0 spiro atoms. The van der Waals surface area contributed by atoms with Gasteiger partial charge in [-0.1, -0.05) is 24.3 Å². The van der Waals surface area contributed by atoms with E-state index >= 15 is 0 Å². The summed E-state index contributed by atoms with van der Waals surface area (Å²) in [6.07, 6.45) is 0.225. The summed E-state index contributed by atoms with van der Waals surface area (Å²) in [4.78, 5) is 29.3. The van der Waals surface area contributed by atoms with Gasteiger partial charge in [-0.05, 0) is 41.1 Å². The lowest BCUT2D eigenvalue weighted by atomic mass is 10.1. The van der Waals surface area contributed by atoms with Gasteiger partial charge in [0.15, 0.2) is 11.5 Å². The Balaban J connectivity index is 1.50. The van der Waals surface area contributed by atoms with Gasteiger partial charge in [0.2, 0.25) is 11.8 Å². The molecule has 6 nitrogen and oxygen atoms in total. The molecule has 2 heterocycles. The Morgan fingerprint density at radius 1 is 1.17 bits per heavy atom. The van der Waals surface area contributed by atoms with Crippen LogP contribution in [0, 0.1) is 5.92 Å². The maximum Gasteiger partial charge on any atom is 0.228 e. The zero-order valence-corrected chi connectivity index (χ0v) is 17.9. The molecule has 0 radical (unpaired) electrons. The highest BCUT2D eigenvalue weighted by molar-refractivity contribution is 9.10. The van der Waals surface area contributed by atoms with Crippen LogP contribution in [-0.2, 0) is 16.1 Å². The van der Waals surface area contributed by atoms with Gasteiger partial charge < -0.3 is 19.3 Å². The Labute approximate surface area is 178 Å². The summed E-state index contributed by atoms with van der Waals surface area (Å²) in [5.74, 6) is 1.03. The van der Waals surface area contributed by atoms with Crippen molar-refractivity contribution in [3.05, 3.63) is 52.5 Å². The van der Waals surface area contributed by atoms with Crippen LogP contribution in [0.5, 0.6) is 11.5 Å². The molecule has 2 aromatic rings. The number of carbonyl (C=O) groups excluding carboxylic acids is 2. The third-order valence-corrected chi connectivity index (χ3v) is 5.99. The lowest BCUT2D eigenvalue weighted by molar-refractivity contribution is -0.136. The van der Waals surface area contributed by atoms with Crippen LogP contribution in [0.15, 0.2) is 46.9 Å². The maximum absolute atomic E-state index is 13.2. The highest BCUT2D eigenvalue weighted by atomic mass is 79.9. The monoisotopic (exact) mass is 458 g/mol. The largest absolute Gasteiger partial charge is 0.486 e. The molecule has 1 saturated heterocycles. The summed E-state index contributed by atoms with van der Waals surface area (Å²) in [5.41, 5.74) is 1.72. The van der Waals surface area contributed by atoms with Crippen LogP contribution in [0.1, 0.15) is 18.9 Å². The molecule has 0 saturated carbocycles. The first-order valence-corrected chi connectivity index (χ1v) is 10.6. The summed E-state index contributed by atoms with van der Waals surface area (Å²) < 4.78 is 12.3. The van der Waals surface area contributed by atoms with Crippen molar-refractivity contribution in [3.8, 4) is 11.5 Å². The Morgan fingerprint density at radius 3 is 2.76 bits per heavy atom. The van der Waals surface area contributed by atoms with Crippen molar-refractivity contribution in [2.45, 2.75) is 19.9 Å². The van der Waals surface area contributed by atoms with Gasteiger partial charge in [-0.2, -0.15) is 0 Å². The number of fused-ring (bicyclic) bond motifs is 1. The fourth-order valence-electron chi connectivity index (χ4n) is 3.84. The SMILES string of the molecule is CCN(Cc1cccc2c1OCCO2)C(=O)C1CC(=O)N(c2ccccc2Br)C1. The van der Waals surface area contributed by atoms with E-state index in [-0.39, 0.29) is 24.2 Å². The Bertz CT molecular complexity index is 933. The number of hydrogen-bond acceptors (Lipinski definition) is 4. The Hall–Kier alpha value is -2.54. The van der Waals surface area contributed by atoms with E-state index in [2.05, 4.69) is 15.9 Å². The quantitative estimate of drug-likeness (QED) is 0.686. The second-order valence-corrected chi connectivity index (χ2v) is 8.00. The van der Waals surface area contributed by atoms with Crippen LogP contribution in [0.2, 0.25) is 0 Å². The van der Waals surface area contributed by atoms with E-state index in [1.54, 1.807) is 9.80 Å². The van der Waals surface area contributed by atoms with Crippen molar-refractivity contribution >= 4 is 33.4 Å². The standard InChI is InChI=1S/C22H23BrN2O4/c1-2-24(13-15-6-5-9-19-21(15)29-11-10-28-19)22(27)16-12-20(26)25(14-16)18-8-4-3-7-17(18)23/h3-9,16H,2,10-14H2,1H3. The zero-order valence-electron chi connectivity index (χ0n) is 16.3. The Kier molecular flexibility index (Phi) is 5.76. The summed E-state index contributed by atoms with van der Waals surface area (Å²) in [5, 5.41) is 0. The number of carbonyl (C=O) groups is 2. The van der Waals surface area contributed by atoms with Gasteiger partial charge in [-0.25, -0.2) is 0 Å². The van der Waals surface area contributed by atoms with E-state index in [1.165, 1.54) is 0 Å². The smallest absolute Gasteiger partial charge is 0.228 e. The number of para-hydroxylation sites is 2. The minimum atomic E-state index is -0.355. The van der Waals surface area contributed by atoms with Gasteiger partial charge in [0, 0.05) is 36.1 Å². The molecule has 152 valence electrons. The molecule has 0 aromatic heterocycles. The third kappa shape index (κ3) is 3.96. The topological polar surface area (TPSA) is 59.1 Å². The van der Waals surface area contributed by atoms with Crippen molar-refractivity contribution < 1.29 is 19.1 Å². The van der Waals surface area contributed by atoms with Gasteiger partial charge in [0.1, 0.15) is 13.2 Å². The van der Waals surface area contributed by atoms with E-state index in [0.29, 0.717) is 44.3 Å². The van der Waals surface area contributed by atoms with Crippen molar-refractivity contribution in [2.24, 2.45) is 5.92 Å². The van der Waals surface area contributed by atoms with Crippen molar-refractivity contribution in [3.63, 3.8) is 0 Å². The zero-order chi connectivity index (χ0) is 20.4. The lowest BCUT2D eigenvalue weighted by Crippen LogP contribution is -2.37. The van der Waals surface area contributed by atoms with Gasteiger partial charge >= 0.3 is 0 Å². The highest BCUT2D eigenvalue weighted by Crippen LogP contribution is 2.35. The molecule has 2 aromatic carbocycles. The highest BCUT2D eigenvalue weighted by Gasteiger charge is 2.37. The molecule has 1 fully saturated rings. The van der Waals surface area contributed by atoms with E-state index in [9.17, 15) is 9.59 Å². The summed E-state index contributed by atoms with van der Waals surface area (Å²) in [7, 11) is 0. The van der Waals surface area contributed by atoms with Crippen LogP contribution in [0.4, 0.5) is 5.69 Å². The predicted octanol–water partition coefficient (Wildman–Crippen LogP) is 3.62. The molecule has 4 rings (SSSR count). The number of benzene rings is 2. The van der Waals surface area contributed by atoms with Gasteiger partial charge in [0.05, 0.1) is 11.6 Å². The molecule has 7 heteroatoms. The number of amides is 2. The molecule has 1 atom stereocenters. The van der Waals surface area contributed by atoms with Crippen LogP contribution in [-0.4, -0.2) is 43.0 Å². The minimum absolute atomic E-state index is 0.00951. The number of hydrogen-bond donors (Lipinski definition) is 0. The van der Waals surface area contributed by atoms with Crippen LogP contribution in [0.25, 0.3) is 0 Å². The van der Waals surface area contributed by atoms with Crippen molar-refractivity contribution in [1.82, 2.24) is 4.90 Å². The first kappa shape index (κ1) is 19.8. The first-order chi connectivity index (χ1) is 14.1. The van der Waals surface area contributed by atoms with Crippen LogP contribution < -0.4 is 14.4 Å². The fourth-order valence-corrected chi connectivity index (χ4v) is 4.34. The average Bonchev–Trinajstić information content (AvgIpc) is 3.13. The van der Waals surface area contributed by atoms with E-state index in [0.717, 1.165) is 15.7 Å². The molecule has 1 unspecified atom stereocenters. The van der Waals surface area contributed by atoms with Gasteiger partial charge in [-0.3, -0.25) is 9.59 Å². The molecular formula is C22H23BrN2O4. The normalized spacial score (nSPS) is 18.1. The number of ether oxygens (including phenoxy) is 2. The molecule has 0 aliphatic carbocycles. The third-order valence-electron chi connectivity index (χ3n) is 5.32. The molecular weight excluding hydrogens is 436 g/mol. The predicted molar refractivity (Wildman–Crippen MR) is 113 cm³/mol. The fraction of sp³-hybridized carbons (Fsp3) is 0.364. The van der Waals surface area contributed by atoms with Crippen LogP contribution >= 0.6 is 15.9 Å². The second kappa shape index (κ2) is 8.45. The molecule has 29 heavy (non-hydrogen) atoms. The molecule has 0 bridgehead atoms. The number of nitrogens with zero attached hydrogens (tertiary/aromatic N) is 2. The Morgan fingerprint density at radius 2 is 1.97 bits per heavy atom. The van der Waals surface area contributed by atoms with Crippen molar-refractivity contribution in [2.75, 3.05) is 31.2 Å². The van der Waals surface area contributed by atoms with Crippen molar-refractivity contribution in [1.29, 1.82) is 0 Å². The molecule has 2 aliphatic rings. The summed E-state index contributed by atoms with van der Waals surface area (Å²) >= 11 is 3.50. The molecule has 2 aliphatic heterocycles. The summed E-state index contributed by atoms with van der Waals surface area (Å²) in [6, 6.07) is 13.3.